The third-order valence-electron chi connectivity index (χ3n) is 2.55. The molecular weight excluding hydrogens is 218 g/mol. The predicted octanol–water partition coefficient (Wildman–Crippen LogP) is 0.441. The van der Waals surface area contributed by atoms with Crippen molar-refractivity contribution in [1.82, 2.24) is 9.80 Å². The molecule has 0 bridgehead atoms. The van der Waals surface area contributed by atoms with Gasteiger partial charge in [-0.05, 0) is 12.8 Å². The molecule has 0 aliphatic rings. The topological polar surface area (TPSA) is 66.6 Å². The maximum absolute atomic E-state index is 12.0. The van der Waals surface area contributed by atoms with Crippen LogP contribution < -0.4 is 5.73 Å². The second-order valence-corrected chi connectivity index (χ2v) is 4.44. The Bertz CT molecular complexity index is 254. The summed E-state index contributed by atoms with van der Waals surface area (Å²) in [5.74, 6) is -0.195. The number of nitrogens with zero attached hydrogens (tertiary/aromatic N) is 2. The van der Waals surface area contributed by atoms with Gasteiger partial charge in [-0.2, -0.15) is 0 Å². The minimum atomic E-state index is -0.485. The molecule has 0 rings (SSSR count). The molecule has 0 radical (unpaired) electrons. The molecule has 0 saturated heterocycles. The van der Waals surface area contributed by atoms with Crippen LogP contribution in [0.1, 0.15) is 33.1 Å². The van der Waals surface area contributed by atoms with Gasteiger partial charge in [0.15, 0.2) is 0 Å². The quantitative estimate of drug-likeness (QED) is 0.705. The van der Waals surface area contributed by atoms with Crippen LogP contribution in [0.15, 0.2) is 0 Å². The summed E-state index contributed by atoms with van der Waals surface area (Å²) in [6.45, 7) is 4.67. The summed E-state index contributed by atoms with van der Waals surface area (Å²) in [5, 5.41) is 0. The average molecular weight is 243 g/mol. The van der Waals surface area contributed by atoms with Gasteiger partial charge in [-0.15, -0.1) is 0 Å². The molecule has 2 amide bonds. The minimum absolute atomic E-state index is 0.0736. The van der Waals surface area contributed by atoms with Crippen LogP contribution in [0.2, 0.25) is 0 Å². The molecule has 100 valence electrons. The van der Waals surface area contributed by atoms with E-state index in [4.69, 9.17) is 5.73 Å². The van der Waals surface area contributed by atoms with E-state index in [-0.39, 0.29) is 18.4 Å². The highest BCUT2D eigenvalue weighted by molar-refractivity contribution is 5.87. The van der Waals surface area contributed by atoms with E-state index in [1.54, 1.807) is 19.0 Å². The number of hydrogen-bond acceptors (Lipinski definition) is 3. The average Bonchev–Trinajstić information content (AvgIpc) is 2.27. The smallest absolute Gasteiger partial charge is 0.241 e. The molecule has 5 heteroatoms. The van der Waals surface area contributed by atoms with Crippen LogP contribution in [-0.4, -0.2) is 54.8 Å². The van der Waals surface area contributed by atoms with Crippen molar-refractivity contribution in [3.8, 4) is 0 Å². The molecule has 0 spiro atoms. The van der Waals surface area contributed by atoms with Gasteiger partial charge in [0.1, 0.15) is 0 Å². The van der Waals surface area contributed by atoms with Gasteiger partial charge < -0.3 is 15.5 Å². The highest BCUT2D eigenvalue weighted by atomic mass is 16.2. The monoisotopic (exact) mass is 243 g/mol. The molecule has 5 nitrogen and oxygen atoms in total. The van der Waals surface area contributed by atoms with Crippen LogP contribution in [0.25, 0.3) is 0 Å². The Labute approximate surface area is 104 Å². The number of amides is 2. The zero-order valence-corrected chi connectivity index (χ0v) is 11.4. The summed E-state index contributed by atoms with van der Waals surface area (Å²) in [4.78, 5) is 26.7. The maximum Gasteiger partial charge on any atom is 0.241 e. The number of rotatable bonds is 7. The van der Waals surface area contributed by atoms with Crippen LogP contribution in [0.4, 0.5) is 0 Å². The zero-order valence-electron chi connectivity index (χ0n) is 11.4. The largest absolute Gasteiger partial charge is 0.347 e. The summed E-state index contributed by atoms with van der Waals surface area (Å²) in [7, 11) is 3.37. The van der Waals surface area contributed by atoms with E-state index in [0.717, 1.165) is 12.8 Å². The lowest BCUT2D eigenvalue weighted by molar-refractivity contribution is -0.140. The first-order valence-corrected chi connectivity index (χ1v) is 6.18. The number of carbonyl (C=O) groups excluding carboxylic acids is 2. The highest BCUT2D eigenvalue weighted by Gasteiger charge is 2.22. The van der Waals surface area contributed by atoms with Gasteiger partial charge >= 0.3 is 0 Å². The van der Waals surface area contributed by atoms with Gasteiger partial charge in [0.25, 0.3) is 0 Å². The molecular formula is C12H25N3O2. The van der Waals surface area contributed by atoms with Gasteiger partial charge in [-0.25, -0.2) is 0 Å². The van der Waals surface area contributed by atoms with Gasteiger partial charge in [0, 0.05) is 20.6 Å². The Morgan fingerprint density at radius 2 is 1.76 bits per heavy atom. The fourth-order valence-corrected chi connectivity index (χ4v) is 1.51. The molecule has 1 atom stereocenters. The van der Waals surface area contributed by atoms with Gasteiger partial charge in [0.05, 0.1) is 12.6 Å². The van der Waals surface area contributed by atoms with Crippen molar-refractivity contribution in [2.24, 2.45) is 5.73 Å². The van der Waals surface area contributed by atoms with E-state index < -0.39 is 6.04 Å². The molecule has 17 heavy (non-hydrogen) atoms. The molecule has 0 aliphatic heterocycles. The van der Waals surface area contributed by atoms with Crippen molar-refractivity contribution in [1.29, 1.82) is 0 Å². The molecule has 0 unspecified atom stereocenters. The summed E-state index contributed by atoms with van der Waals surface area (Å²) in [6, 6.07) is -0.485. The normalized spacial score (nSPS) is 12.1. The summed E-state index contributed by atoms with van der Waals surface area (Å²) in [5.41, 5.74) is 5.79. The molecule has 0 aromatic heterocycles. The van der Waals surface area contributed by atoms with Crippen molar-refractivity contribution >= 4 is 11.8 Å². The van der Waals surface area contributed by atoms with Crippen molar-refractivity contribution in [3.05, 3.63) is 0 Å². The highest BCUT2D eigenvalue weighted by Crippen LogP contribution is 2.02. The summed E-state index contributed by atoms with van der Waals surface area (Å²) in [6.07, 6.45) is 2.36. The predicted molar refractivity (Wildman–Crippen MR) is 68.4 cm³/mol. The Kier molecular flexibility index (Phi) is 7.54. The summed E-state index contributed by atoms with van der Waals surface area (Å²) >= 11 is 0. The van der Waals surface area contributed by atoms with Gasteiger partial charge in [-0.1, -0.05) is 20.3 Å². The summed E-state index contributed by atoms with van der Waals surface area (Å²) < 4.78 is 0. The Balaban J connectivity index is 4.50. The van der Waals surface area contributed by atoms with Crippen LogP contribution in [0.3, 0.4) is 0 Å². The fourth-order valence-electron chi connectivity index (χ4n) is 1.51. The van der Waals surface area contributed by atoms with Crippen molar-refractivity contribution in [2.45, 2.75) is 39.2 Å². The maximum atomic E-state index is 12.0. The Morgan fingerprint density at radius 1 is 1.18 bits per heavy atom. The lowest BCUT2D eigenvalue weighted by Gasteiger charge is -2.26. The molecule has 2 N–H and O–H groups in total. The van der Waals surface area contributed by atoms with E-state index >= 15 is 0 Å². The van der Waals surface area contributed by atoms with Crippen LogP contribution in [-0.2, 0) is 9.59 Å². The third-order valence-corrected chi connectivity index (χ3v) is 2.55. The van der Waals surface area contributed by atoms with E-state index in [1.165, 1.54) is 4.90 Å². The van der Waals surface area contributed by atoms with Crippen LogP contribution >= 0.6 is 0 Å². The van der Waals surface area contributed by atoms with E-state index in [9.17, 15) is 9.59 Å². The second kappa shape index (κ2) is 8.06. The lowest BCUT2D eigenvalue weighted by atomic mass is 10.1. The number of likely N-dealkylation sites (N-methyl/N-ethyl adjacent to an activating group) is 1. The van der Waals surface area contributed by atoms with Crippen LogP contribution in [0, 0.1) is 0 Å². The van der Waals surface area contributed by atoms with E-state index in [2.05, 4.69) is 0 Å². The first-order chi connectivity index (χ1) is 7.93. The minimum Gasteiger partial charge on any atom is -0.347 e. The molecule has 0 heterocycles. The second-order valence-electron chi connectivity index (χ2n) is 4.44. The number of carbonyl (C=O) groups is 2. The van der Waals surface area contributed by atoms with Crippen molar-refractivity contribution in [2.75, 3.05) is 27.2 Å². The number of nitrogens with two attached hydrogens (primary N) is 1. The zero-order chi connectivity index (χ0) is 13.4. The van der Waals surface area contributed by atoms with Gasteiger partial charge in [0.2, 0.25) is 11.8 Å². The van der Waals surface area contributed by atoms with E-state index in [1.807, 2.05) is 13.8 Å². The molecule has 0 aromatic rings. The molecule has 0 aliphatic carbocycles. The fraction of sp³-hybridized carbons (Fsp3) is 0.833. The Morgan fingerprint density at radius 3 is 2.18 bits per heavy atom. The molecule has 0 saturated carbocycles. The third kappa shape index (κ3) is 5.68. The first kappa shape index (κ1) is 15.9. The van der Waals surface area contributed by atoms with Gasteiger partial charge in [-0.3, -0.25) is 9.59 Å². The van der Waals surface area contributed by atoms with Crippen molar-refractivity contribution in [3.63, 3.8) is 0 Å². The Hall–Kier alpha value is -1.10. The number of hydrogen-bond donors (Lipinski definition) is 1. The standard InChI is InChI=1S/C12H25N3O2/c1-5-7-10(13)12(17)15(8-6-2)9-11(16)14(3)4/h10H,5-9,13H2,1-4H3/t10-/m0/s1. The SMILES string of the molecule is CCC[C@H](N)C(=O)N(CCC)CC(=O)N(C)C. The first-order valence-electron chi connectivity index (χ1n) is 6.18. The lowest BCUT2D eigenvalue weighted by Crippen LogP contribution is -2.47. The van der Waals surface area contributed by atoms with E-state index in [0.29, 0.717) is 13.0 Å². The molecule has 0 fully saturated rings. The molecule has 0 aromatic carbocycles. The van der Waals surface area contributed by atoms with Crippen LogP contribution in [0.5, 0.6) is 0 Å². The van der Waals surface area contributed by atoms with Crippen molar-refractivity contribution < 1.29 is 9.59 Å².